The van der Waals surface area contributed by atoms with Gasteiger partial charge >= 0.3 is 0 Å². The lowest BCUT2D eigenvalue weighted by Crippen LogP contribution is -2.24. The van der Waals surface area contributed by atoms with E-state index in [0.29, 0.717) is 37.4 Å². The van der Waals surface area contributed by atoms with Crippen LogP contribution in [0, 0.1) is 18.3 Å². The third-order valence-corrected chi connectivity index (χ3v) is 5.85. The molecule has 0 amide bonds. The number of methoxy groups -OCH3 is 1. The highest BCUT2D eigenvalue weighted by molar-refractivity contribution is 7.92. The van der Waals surface area contributed by atoms with Crippen molar-refractivity contribution >= 4 is 15.8 Å². The van der Waals surface area contributed by atoms with Crippen LogP contribution in [0.5, 0.6) is 5.75 Å². The summed E-state index contributed by atoms with van der Waals surface area (Å²) >= 11 is 0. The summed E-state index contributed by atoms with van der Waals surface area (Å²) in [6, 6.07) is 6.71. The molecule has 1 aliphatic rings. The average molecular weight is 376 g/mol. The van der Waals surface area contributed by atoms with Gasteiger partial charge in [-0.25, -0.2) is 13.1 Å². The molecule has 138 valence electrons. The van der Waals surface area contributed by atoms with Gasteiger partial charge in [-0.05, 0) is 43.5 Å². The number of hydrogen-bond acceptors (Lipinski definition) is 6. The maximum absolute atomic E-state index is 12.9. The van der Waals surface area contributed by atoms with E-state index in [2.05, 4.69) is 9.82 Å². The molecule has 2 heterocycles. The molecule has 0 saturated carbocycles. The molecule has 1 aromatic carbocycles. The van der Waals surface area contributed by atoms with Crippen molar-refractivity contribution < 1.29 is 17.9 Å². The minimum absolute atomic E-state index is 0.0134. The van der Waals surface area contributed by atoms with Crippen molar-refractivity contribution in [3.63, 3.8) is 0 Å². The van der Waals surface area contributed by atoms with Crippen LogP contribution in [-0.2, 0) is 14.8 Å². The van der Waals surface area contributed by atoms with Crippen LogP contribution in [-0.4, -0.2) is 38.5 Å². The number of ether oxygens (including phenoxy) is 2. The minimum atomic E-state index is -3.88. The summed E-state index contributed by atoms with van der Waals surface area (Å²) in [4.78, 5) is 0.127. The molecule has 0 spiro atoms. The molecule has 1 aliphatic heterocycles. The highest BCUT2D eigenvalue weighted by atomic mass is 32.2. The van der Waals surface area contributed by atoms with E-state index < -0.39 is 10.0 Å². The maximum atomic E-state index is 12.9. The molecular weight excluding hydrogens is 356 g/mol. The number of rotatable bonds is 5. The second kappa shape index (κ2) is 7.35. The van der Waals surface area contributed by atoms with Crippen LogP contribution in [0.15, 0.2) is 29.3 Å². The molecule has 1 saturated heterocycles. The first kappa shape index (κ1) is 18.2. The normalized spacial score (nSPS) is 15.4. The van der Waals surface area contributed by atoms with Gasteiger partial charge in [0.25, 0.3) is 10.0 Å². The van der Waals surface area contributed by atoms with Gasteiger partial charge in [0.2, 0.25) is 0 Å². The Kier molecular flexibility index (Phi) is 5.15. The van der Waals surface area contributed by atoms with Crippen molar-refractivity contribution in [2.24, 2.45) is 0 Å². The molecule has 2 aromatic rings. The zero-order valence-corrected chi connectivity index (χ0v) is 15.4. The van der Waals surface area contributed by atoms with Crippen LogP contribution >= 0.6 is 0 Å². The monoisotopic (exact) mass is 376 g/mol. The van der Waals surface area contributed by atoms with Gasteiger partial charge in [-0.2, -0.15) is 10.4 Å². The Hall–Kier alpha value is -2.57. The summed E-state index contributed by atoms with van der Waals surface area (Å²) in [5, 5.41) is 13.6. The topological polar surface area (TPSA) is 106 Å². The van der Waals surface area contributed by atoms with Gasteiger partial charge in [0.15, 0.2) is 5.82 Å². The number of sulfonamides is 1. The fourth-order valence-electron chi connectivity index (χ4n) is 2.98. The Bertz CT molecular complexity index is 940. The second-order valence-electron chi connectivity index (χ2n) is 6.04. The molecular formula is C17H20N4O4S. The van der Waals surface area contributed by atoms with Gasteiger partial charge in [-0.1, -0.05) is 0 Å². The Balaban J connectivity index is 1.97. The van der Waals surface area contributed by atoms with Gasteiger partial charge in [-0.3, -0.25) is 4.72 Å². The zero-order valence-electron chi connectivity index (χ0n) is 14.6. The van der Waals surface area contributed by atoms with Gasteiger partial charge in [0.1, 0.15) is 17.4 Å². The number of aryl methyl sites for hydroxylation is 1. The molecule has 9 heteroatoms. The Labute approximate surface area is 152 Å². The second-order valence-corrected chi connectivity index (χ2v) is 7.69. The van der Waals surface area contributed by atoms with Gasteiger partial charge in [0, 0.05) is 13.2 Å². The number of hydrogen-bond donors (Lipinski definition) is 1. The highest BCUT2D eigenvalue weighted by Crippen LogP contribution is 2.29. The fourth-order valence-corrected chi connectivity index (χ4v) is 4.28. The summed E-state index contributed by atoms with van der Waals surface area (Å²) in [6.45, 7) is 2.85. The van der Waals surface area contributed by atoms with E-state index >= 15 is 0 Å². The first-order chi connectivity index (χ1) is 12.5. The van der Waals surface area contributed by atoms with Crippen LogP contribution in [0.25, 0.3) is 0 Å². The lowest BCUT2D eigenvalue weighted by atomic mass is 10.1. The largest absolute Gasteiger partial charge is 0.497 e. The average Bonchev–Trinajstić information content (AvgIpc) is 3.03. The van der Waals surface area contributed by atoms with Gasteiger partial charge < -0.3 is 9.47 Å². The molecule has 0 radical (unpaired) electrons. The summed E-state index contributed by atoms with van der Waals surface area (Å²) in [5.41, 5.74) is 0.735. The van der Waals surface area contributed by atoms with Crippen molar-refractivity contribution in [3.05, 3.63) is 35.5 Å². The molecule has 0 aliphatic carbocycles. The first-order valence-corrected chi connectivity index (χ1v) is 9.67. The molecule has 1 fully saturated rings. The number of nitrogens with zero attached hydrogens (tertiary/aromatic N) is 3. The Morgan fingerprint density at radius 3 is 2.73 bits per heavy atom. The SMILES string of the molecule is COc1ccc(S(=O)(=O)Nc2c(C#N)cnn2C2CCOCC2)c(C)c1. The number of aromatic nitrogens is 2. The zero-order chi connectivity index (χ0) is 18.7. The predicted octanol–water partition coefficient (Wildman–Crippen LogP) is 2.22. The Morgan fingerprint density at radius 2 is 2.12 bits per heavy atom. The number of nitrogens with one attached hydrogen (secondary N) is 1. The summed E-state index contributed by atoms with van der Waals surface area (Å²) in [7, 11) is -2.36. The van der Waals surface area contributed by atoms with Gasteiger partial charge in [0.05, 0.1) is 24.2 Å². The lowest BCUT2D eigenvalue weighted by Gasteiger charge is -2.24. The van der Waals surface area contributed by atoms with Crippen molar-refractivity contribution in [2.75, 3.05) is 25.0 Å². The van der Waals surface area contributed by atoms with E-state index in [1.165, 1.54) is 19.4 Å². The smallest absolute Gasteiger partial charge is 0.263 e. The van der Waals surface area contributed by atoms with E-state index in [4.69, 9.17) is 9.47 Å². The van der Waals surface area contributed by atoms with Crippen molar-refractivity contribution in [1.82, 2.24) is 9.78 Å². The maximum Gasteiger partial charge on any atom is 0.263 e. The lowest BCUT2D eigenvalue weighted by molar-refractivity contribution is 0.0669. The van der Waals surface area contributed by atoms with Crippen molar-refractivity contribution in [3.8, 4) is 11.8 Å². The van der Waals surface area contributed by atoms with Gasteiger partial charge in [-0.15, -0.1) is 0 Å². The van der Waals surface area contributed by atoms with E-state index in [9.17, 15) is 13.7 Å². The highest BCUT2D eigenvalue weighted by Gasteiger charge is 2.26. The standard InChI is InChI=1S/C17H20N4O4S/c1-12-9-15(24-2)3-4-16(12)26(22,23)20-17-13(10-18)11-19-21(17)14-5-7-25-8-6-14/h3-4,9,11,14,20H,5-8H2,1-2H3. The minimum Gasteiger partial charge on any atom is -0.497 e. The summed E-state index contributed by atoms with van der Waals surface area (Å²) in [6.07, 6.45) is 2.81. The molecule has 26 heavy (non-hydrogen) atoms. The summed E-state index contributed by atoms with van der Waals surface area (Å²) in [5.74, 6) is 0.765. The molecule has 0 bridgehead atoms. The first-order valence-electron chi connectivity index (χ1n) is 8.19. The van der Waals surface area contributed by atoms with Crippen LogP contribution in [0.2, 0.25) is 0 Å². The van der Waals surface area contributed by atoms with E-state index in [-0.39, 0.29) is 22.3 Å². The molecule has 8 nitrogen and oxygen atoms in total. The van der Waals surface area contributed by atoms with Crippen LogP contribution in [0.4, 0.5) is 5.82 Å². The number of nitriles is 1. The fraction of sp³-hybridized carbons (Fsp3) is 0.412. The van der Waals surface area contributed by atoms with E-state index in [0.717, 1.165) is 0 Å². The van der Waals surface area contributed by atoms with E-state index in [1.807, 2.05) is 6.07 Å². The predicted molar refractivity (Wildman–Crippen MR) is 94.6 cm³/mol. The van der Waals surface area contributed by atoms with Crippen molar-refractivity contribution in [2.45, 2.75) is 30.7 Å². The Morgan fingerprint density at radius 1 is 1.38 bits per heavy atom. The quantitative estimate of drug-likeness (QED) is 0.858. The van der Waals surface area contributed by atoms with E-state index in [1.54, 1.807) is 23.7 Å². The van der Waals surface area contributed by atoms with Crippen molar-refractivity contribution in [1.29, 1.82) is 5.26 Å². The molecule has 1 aromatic heterocycles. The van der Waals surface area contributed by atoms with Crippen LogP contribution in [0.1, 0.15) is 30.0 Å². The molecule has 3 rings (SSSR count). The molecule has 0 unspecified atom stereocenters. The molecule has 0 atom stereocenters. The number of benzene rings is 1. The third-order valence-electron chi connectivity index (χ3n) is 4.36. The summed E-state index contributed by atoms with van der Waals surface area (Å²) < 4.78 is 40.4. The molecule has 1 N–H and O–H groups in total. The number of anilines is 1. The van der Waals surface area contributed by atoms with Crippen LogP contribution < -0.4 is 9.46 Å². The third kappa shape index (κ3) is 3.52. The van der Waals surface area contributed by atoms with Crippen LogP contribution in [0.3, 0.4) is 0 Å².